The lowest BCUT2D eigenvalue weighted by molar-refractivity contribution is 0.134. The summed E-state index contributed by atoms with van der Waals surface area (Å²) < 4.78 is 0. The lowest BCUT2D eigenvalue weighted by atomic mass is 9.98. The fourth-order valence-corrected chi connectivity index (χ4v) is 2.77. The van der Waals surface area contributed by atoms with Crippen molar-refractivity contribution >= 4 is 6.03 Å². The first-order valence-corrected chi connectivity index (χ1v) is 7.73. The monoisotopic (exact) mass is 285 g/mol. The molecule has 1 rings (SSSR count). The lowest BCUT2D eigenvalue weighted by Gasteiger charge is -2.33. The highest BCUT2D eigenvalue weighted by Gasteiger charge is 2.24. The van der Waals surface area contributed by atoms with Gasteiger partial charge in [0.25, 0.3) is 0 Å². The highest BCUT2D eigenvalue weighted by Crippen LogP contribution is 2.16. The molecule has 20 heavy (non-hydrogen) atoms. The summed E-state index contributed by atoms with van der Waals surface area (Å²) in [5.74, 6) is 0.938. The van der Waals surface area contributed by atoms with Crippen LogP contribution in [-0.4, -0.2) is 67.3 Å². The first kappa shape index (κ1) is 17.2. The number of rotatable bonds is 6. The molecule has 0 aromatic carbocycles. The second-order valence-electron chi connectivity index (χ2n) is 6.65. The van der Waals surface area contributed by atoms with Gasteiger partial charge >= 0.3 is 6.03 Å². The maximum absolute atomic E-state index is 12.3. The third kappa shape index (κ3) is 6.09. The van der Waals surface area contributed by atoms with E-state index in [0.717, 1.165) is 38.9 Å². The molecular weight excluding hydrogens is 254 g/mol. The number of carbonyl (C=O) groups excluding carboxylic acids is 1. The third-order valence-electron chi connectivity index (χ3n) is 3.83. The van der Waals surface area contributed by atoms with E-state index in [9.17, 15) is 4.79 Å². The molecule has 118 valence electrons. The SMILES string of the molecule is CC(C)CC(CN(C)C)NC(=O)N1CCC(CO)CC1. The van der Waals surface area contributed by atoms with Gasteiger partial charge in [-0.2, -0.15) is 0 Å². The van der Waals surface area contributed by atoms with Crippen LogP contribution in [0.5, 0.6) is 0 Å². The maximum Gasteiger partial charge on any atom is 0.317 e. The zero-order valence-corrected chi connectivity index (χ0v) is 13.4. The topological polar surface area (TPSA) is 55.8 Å². The number of hydrogen-bond donors (Lipinski definition) is 2. The van der Waals surface area contributed by atoms with E-state index in [0.29, 0.717) is 11.8 Å². The van der Waals surface area contributed by atoms with E-state index in [2.05, 4.69) is 24.1 Å². The Morgan fingerprint density at radius 2 is 1.95 bits per heavy atom. The Morgan fingerprint density at radius 3 is 2.40 bits per heavy atom. The minimum Gasteiger partial charge on any atom is -0.396 e. The maximum atomic E-state index is 12.3. The smallest absolute Gasteiger partial charge is 0.317 e. The summed E-state index contributed by atoms with van der Waals surface area (Å²) >= 11 is 0. The Labute approximate surface area is 123 Å². The summed E-state index contributed by atoms with van der Waals surface area (Å²) in [7, 11) is 4.07. The fraction of sp³-hybridized carbons (Fsp3) is 0.933. The van der Waals surface area contributed by atoms with E-state index < -0.39 is 0 Å². The van der Waals surface area contributed by atoms with E-state index in [4.69, 9.17) is 5.11 Å². The van der Waals surface area contributed by atoms with Gasteiger partial charge in [-0.25, -0.2) is 4.79 Å². The summed E-state index contributed by atoms with van der Waals surface area (Å²) in [4.78, 5) is 16.3. The van der Waals surface area contributed by atoms with Gasteiger partial charge in [0, 0.05) is 32.3 Å². The molecule has 0 aromatic heterocycles. The van der Waals surface area contributed by atoms with Gasteiger partial charge in [-0.1, -0.05) is 13.8 Å². The van der Waals surface area contributed by atoms with Gasteiger partial charge in [-0.05, 0) is 45.2 Å². The van der Waals surface area contributed by atoms with Crippen LogP contribution in [0.4, 0.5) is 4.79 Å². The van der Waals surface area contributed by atoms with Crippen molar-refractivity contribution in [2.45, 2.75) is 39.2 Å². The number of urea groups is 1. The molecule has 2 N–H and O–H groups in total. The van der Waals surface area contributed by atoms with Crippen LogP contribution in [0.25, 0.3) is 0 Å². The number of likely N-dealkylation sites (N-methyl/N-ethyl adjacent to an activating group) is 1. The van der Waals surface area contributed by atoms with Gasteiger partial charge in [-0.15, -0.1) is 0 Å². The van der Waals surface area contributed by atoms with Crippen LogP contribution >= 0.6 is 0 Å². The van der Waals surface area contributed by atoms with E-state index >= 15 is 0 Å². The molecule has 0 spiro atoms. The zero-order chi connectivity index (χ0) is 15.1. The predicted octanol–water partition coefficient (Wildman–Crippen LogP) is 1.38. The molecule has 0 aromatic rings. The first-order chi connectivity index (χ1) is 9.42. The molecule has 2 amide bonds. The van der Waals surface area contributed by atoms with Gasteiger partial charge in [0.05, 0.1) is 0 Å². The Balaban J connectivity index is 2.44. The van der Waals surface area contributed by atoms with Crippen LogP contribution in [-0.2, 0) is 0 Å². The van der Waals surface area contributed by atoms with Crippen LogP contribution in [0, 0.1) is 11.8 Å². The zero-order valence-electron chi connectivity index (χ0n) is 13.4. The molecule has 0 saturated carbocycles. The number of amides is 2. The second kappa shape index (κ2) is 8.47. The number of aliphatic hydroxyl groups is 1. The normalized spacial score (nSPS) is 18.6. The molecule has 5 heteroatoms. The highest BCUT2D eigenvalue weighted by atomic mass is 16.3. The molecule has 1 saturated heterocycles. The first-order valence-electron chi connectivity index (χ1n) is 7.73. The van der Waals surface area contributed by atoms with Crippen LogP contribution in [0.2, 0.25) is 0 Å². The van der Waals surface area contributed by atoms with E-state index in [1.807, 2.05) is 19.0 Å². The van der Waals surface area contributed by atoms with Crippen LogP contribution < -0.4 is 5.32 Å². The Bertz CT molecular complexity index is 277. The summed E-state index contributed by atoms with van der Waals surface area (Å²) in [5, 5.41) is 12.3. The molecule has 0 bridgehead atoms. The van der Waals surface area contributed by atoms with Gasteiger partial charge < -0.3 is 20.2 Å². The largest absolute Gasteiger partial charge is 0.396 e. The van der Waals surface area contributed by atoms with Crippen LogP contribution in [0.3, 0.4) is 0 Å². The molecule has 1 aliphatic heterocycles. The van der Waals surface area contributed by atoms with Gasteiger partial charge in [-0.3, -0.25) is 0 Å². The van der Waals surface area contributed by atoms with Crippen molar-refractivity contribution in [2.75, 3.05) is 40.3 Å². The third-order valence-corrected chi connectivity index (χ3v) is 3.83. The van der Waals surface area contributed by atoms with E-state index in [1.165, 1.54) is 0 Å². The molecular formula is C15H31N3O2. The number of nitrogens with zero attached hydrogens (tertiary/aromatic N) is 2. The Kier molecular flexibility index (Phi) is 7.30. The number of nitrogens with one attached hydrogen (secondary N) is 1. The quantitative estimate of drug-likeness (QED) is 0.775. The van der Waals surface area contributed by atoms with Crippen LogP contribution in [0.15, 0.2) is 0 Å². The molecule has 1 aliphatic rings. The Morgan fingerprint density at radius 1 is 1.35 bits per heavy atom. The second-order valence-corrected chi connectivity index (χ2v) is 6.65. The number of piperidine rings is 1. The summed E-state index contributed by atoms with van der Waals surface area (Å²) in [6, 6.07) is 0.252. The Hall–Kier alpha value is -0.810. The van der Waals surface area contributed by atoms with Crippen molar-refractivity contribution in [3.05, 3.63) is 0 Å². The minimum atomic E-state index is 0.0499. The average Bonchev–Trinajstić information content (AvgIpc) is 2.37. The van der Waals surface area contributed by atoms with E-state index in [1.54, 1.807) is 0 Å². The average molecular weight is 285 g/mol. The number of hydrogen-bond acceptors (Lipinski definition) is 3. The lowest BCUT2D eigenvalue weighted by Crippen LogP contribution is -2.50. The van der Waals surface area contributed by atoms with Crippen molar-refractivity contribution in [1.29, 1.82) is 0 Å². The number of likely N-dealkylation sites (tertiary alicyclic amines) is 1. The van der Waals surface area contributed by atoms with Crippen molar-refractivity contribution in [2.24, 2.45) is 11.8 Å². The molecule has 0 aliphatic carbocycles. The highest BCUT2D eigenvalue weighted by molar-refractivity contribution is 5.74. The number of carbonyl (C=O) groups is 1. The molecule has 5 nitrogen and oxygen atoms in total. The standard InChI is InChI=1S/C15H31N3O2/c1-12(2)9-14(10-17(3)4)16-15(20)18-7-5-13(11-19)6-8-18/h12-14,19H,5-11H2,1-4H3,(H,16,20). The van der Waals surface area contributed by atoms with Gasteiger partial charge in [0.1, 0.15) is 0 Å². The van der Waals surface area contributed by atoms with Crippen molar-refractivity contribution in [1.82, 2.24) is 15.1 Å². The van der Waals surface area contributed by atoms with Gasteiger partial charge in [0.2, 0.25) is 0 Å². The molecule has 1 fully saturated rings. The minimum absolute atomic E-state index is 0.0499. The van der Waals surface area contributed by atoms with Crippen molar-refractivity contribution < 1.29 is 9.90 Å². The molecule has 0 radical (unpaired) electrons. The van der Waals surface area contributed by atoms with Crippen LogP contribution in [0.1, 0.15) is 33.1 Å². The fourth-order valence-electron chi connectivity index (χ4n) is 2.77. The summed E-state index contributed by atoms with van der Waals surface area (Å²) in [6.07, 6.45) is 2.82. The predicted molar refractivity (Wildman–Crippen MR) is 81.7 cm³/mol. The summed E-state index contributed by atoms with van der Waals surface area (Å²) in [5.41, 5.74) is 0. The van der Waals surface area contributed by atoms with E-state index in [-0.39, 0.29) is 18.7 Å². The molecule has 1 heterocycles. The molecule has 1 unspecified atom stereocenters. The molecule has 1 atom stereocenters. The van der Waals surface area contributed by atoms with Crippen molar-refractivity contribution in [3.8, 4) is 0 Å². The van der Waals surface area contributed by atoms with Gasteiger partial charge in [0.15, 0.2) is 0 Å². The summed E-state index contributed by atoms with van der Waals surface area (Å²) in [6.45, 7) is 6.99. The number of aliphatic hydroxyl groups excluding tert-OH is 1. The van der Waals surface area contributed by atoms with Crippen molar-refractivity contribution in [3.63, 3.8) is 0 Å².